The van der Waals surface area contributed by atoms with E-state index in [1.807, 2.05) is 25.1 Å². The van der Waals surface area contributed by atoms with Crippen LogP contribution >= 0.6 is 0 Å². The van der Waals surface area contributed by atoms with Crippen LogP contribution in [-0.2, 0) is 5.41 Å². The van der Waals surface area contributed by atoms with E-state index in [2.05, 4.69) is 36.8 Å². The summed E-state index contributed by atoms with van der Waals surface area (Å²) in [5.41, 5.74) is 3.67. The first-order valence-electron chi connectivity index (χ1n) is 6.48. The average Bonchev–Trinajstić information content (AvgIpc) is 2.70. The number of nitrogens with one attached hydrogen (secondary N) is 1. The summed E-state index contributed by atoms with van der Waals surface area (Å²) in [5, 5.41) is 0. The van der Waals surface area contributed by atoms with Crippen LogP contribution in [0.2, 0.25) is 0 Å². The quantitative estimate of drug-likeness (QED) is 0.829. The Labute approximate surface area is 114 Å². The van der Waals surface area contributed by atoms with Crippen LogP contribution in [0.3, 0.4) is 0 Å². The van der Waals surface area contributed by atoms with E-state index >= 15 is 0 Å². The standard InChI is InChI=1S/C16H20N2O/c1-10-14(11(2)19)18-15(17-10)12-8-6-7-9-13(12)16(3,4)5/h6-9H,1-5H3,(H,17,18). The molecule has 2 rings (SSSR count). The summed E-state index contributed by atoms with van der Waals surface area (Å²) in [7, 11) is 0. The molecule has 3 heteroatoms. The van der Waals surface area contributed by atoms with Gasteiger partial charge in [-0.3, -0.25) is 4.79 Å². The van der Waals surface area contributed by atoms with Gasteiger partial charge in [0.25, 0.3) is 0 Å². The molecule has 19 heavy (non-hydrogen) atoms. The highest BCUT2D eigenvalue weighted by atomic mass is 16.1. The molecule has 0 saturated carbocycles. The van der Waals surface area contributed by atoms with Gasteiger partial charge in [-0.25, -0.2) is 4.98 Å². The van der Waals surface area contributed by atoms with Crippen molar-refractivity contribution in [2.45, 2.75) is 40.0 Å². The lowest BCUT2D eigenvalue weighted by molar-refractivity contribution is 0.101. The van der Waals surface area contributed by atoms with E-state index in [0.717, 1.165) is 17.1 Å². The lowest BCUT2D eigenvalue weighted by Crippen LogP contribution is -2.12. The number of carbonyl (C=O) groups excluding carboxylic acids is 1. The number of carbonyl (C=O) groups is 1. The third-order valence-corrected chi connectivity index (χ3v) is 3.21. The fraction of sp³-hybridized carbons (Fsp3) is 0.375. The molecule has 0 atom stereocenters. The van der Waals surface area contributed by atoms with E-state index in [1.165, 1.54) is 5.56 Å². The molecule has 3 nitrogen and oxygen atoms in total. The molecule has 0 aliphatic heterocycles. The highest BCUT2D eigenvalue weighted by molar-refractivity contribution is 5.94. The van der Waals surface area contributed by atoms with Gasteiger partial charge < -0.3 is 4.98 Å². The lowest BCUT2D eigenvalue weighted by atomic mass is 9.83. The number of hydrogen-bond acceptors (Lipinski definition) is 2. The average molecular weight is 256 g/mol. The topological polar surface area (TPSA) is 45.8 Å². The van der Waals surface area contributed by atoms with Gasteiger partial charge in [0.2, 0.25) is 0 Å². The number of Topliss-reactive ketones (excluding diaryl/α,β-unsaturated/α-hetero) is 1. The number of aromatic amines is 1. The smallest absolute Gasteiger partial charge is 0.179 e. The molecule has 0 unspecified atom stereocenters. The third kappa shape index (κ3) is 2.60. The molecule has 0 radical (unpaired) electrons. The fourth-order valence-electron chi connectivity index (χ4n) is 2.27. The number of rotatable bonds is 2. The predicted octanol–water partition coefficient (Wildman–Crippen LogP) is 3.89. The first-order chi connectivity index (χ1) is 8.80. The zero-order valence-electron chi connectivity index (χ0n) is 12.2. The summed E-state index contributed by atoms with van der Waals surface area (Å²) in [4.78, 5) is 19.2. The van der Waals surface area contributed by atoms with Crippen molar-refractivity contribution in [2.24, 2.45) is 0 Å². The number of nitrogens with zero attached hydrogens (tertiary/aromatic N) is 1. The molecule has 0 fully saturated rings. The normalized spacial score (nSPS) is 11.6. The monoisotopic (exact) mass is 256 g/mol. The third-order valence-electron chi connectivity index (χ3n) is 3.21. The Kier molecular flexibility index (Phi) is 3.31. The molecule has 0 amide bonds. The van der Waals surface area contributed by atoms with Crippen LogP contribution in [-0.4, -0.2) is 15.8 Å². The summed E-state index contributed by atoms with van der Waals surface area (Å²) in [5.74, 6) is 0.765. The van der Waals surface area contributed by atoms with Crippen LogP contribution in [0.15, 0.2) is 24.3 Å². The van der Waals surface area contributed by atoms with Crippen LogP contribution in [0.1, 0.15) is 49.4 Å². The van der Waals surface area contributed by atoms with Gasteiger partial charge in [-0.15, -0.1) is 0 Å². The molecule has 2 aromatic rings. The molecule has 1 heterocycles. The summed E-state index contributed by atoms with van der Waals surface area (Å²) >= 11 is 0. The van der Waals surface area contributed by atoms with E-state index in [4.69, 9.17) is 0 Å². The largest absolute Gasteiger partial charge is 0.341 e. The van der Waals surface area contributed by atoms with Gasteiger partial charge in [-0.2, -0.15) is 0 Å². The highest BCUT2D eigenvalue weighted by Gasteiger charge is 2.21. The Morgan fingerprint density at radius 1 is 1.21 bits per heavy atom. The Morgan fingerprint density at radius 3 is 2.37 bits per heavy atom. The zero-order chi connectivity index (χ0) is 14.2. The Hall–Kier alpha value is -1.90. The van der Waals surface area contributed by atoms with Crippen LogP contribution in [0, 0.1) is 6.92 Å². The summed E-state index contributed by atoms with van der Waals surface area (Å²) in [6.45, 7) is 9.95. The summed E-state index contributed by atoms with van der Waals surface area (Å²) < 4.78 is 0. The van der Waals surface area contributed by atoms with Crippen molar-refractivity contribution in [3.05, 3.63) is 41.2 Å². The van der Waals surface area contributed by atoms with Crippen molar-refractivity contribution < 1.29 is 4.79 Å². The number of H-pyrrole nitrogens is 1. The van der Waals surface area contributed by atoms with Crippen molar-refractivity contribution in [2.75, 3.05) is 0 Å². The first-order valence-corrected chi connectivity index (χ1v) is 6.48. The van der Waals surface area contributed by atoms with E-state index < -0.39 is 0 Å². The van der Waals surface area contributed by atoms with Crippen LogP contribution in [0.25, 0.3) is 11.4 Å². The van der Waals surface area contributed by atoms with Gasteiger partial charge in [-0.1, -0.05) is 45.0 Å². The summed E-state index contributed by atoms with van der Waals surface area (Å²) in [6.07, 6.45) is 0. The maximum Gasteiger partial charge on any atom is 0.179 e. The van der Waals surface area contributed by atoms with E-state index in [9.17, 15) is 4.79 Å². The number of hydrogen-bond donors (Lipinski definition) is 1. The molecule has 0 saturated heterocycles. The van der Waals surface area contributed by atoms with Gasteiger partial charge in [0.1, 0.15) is 11.5 Å². The van der Waals surface area contributed by atoms with Gasteiger partial charge >= 0.3 is 0 Å². The minimum absolute atomic E-state index is 0.00626. The second kappa shape index (κ2) is 4.65. The highest BCUT2D eigenvalue weighted by Crippen LogP contribution is 2.31. The predicted molar refractivity (Wildman–Crippen MR) is 77.5 cm³/mol. The fourth-order valence-corrected chi connectivity index (χ4v) is 2.27. The van der Waals surface area contributed by atoms with Crippen molar-refractivity contribution >= 4 is 5.78 Å². The minimum Gasteiger partial charge on any atom is -0.341 e. The number of benzene rings is 1. The number of ketones is 1. The van der Waals surface area contributed by atoms with Gasteiger partial charge in [0.15, 0.2) is 5.78 Å². The number of aryl methyl sites for hydroxylation is 1. The van der Waals surface area contributed by atoms with Crippen LogP contribution in [0.4, 0.5) is 0 Å². The molecule has 0 aliphatic rings. The molecule has 0 bridgehead atoms. The SMILES string of the molecule is CC(=O)c1nc(-c2ccccc2C(C)(C)C)[nH]c1C. The first kappa shape index (κ1) is 13.5. The summed E-state index contributed by atoms with van der Waals surface area (Å²) in [6, 6.07) is 8.19. The molecule has 1 N–H and O–H groups in total. The van der Waals surface area contributed by atoms with Gasteiger partial charge in [0, 0.05) is 18.2 Å². The molecule has 1 aromatic carbocycles. The zero-order valence-corrected chi connectivity index (χ0v) is 12.2. The Bertz CT molecular complexity index is 618. The van der Waals surface area contributed by atoms with Crippen molar-refractivity contribution in [3.8, 4) is 11.4 Å². The van der Waals surface area contributed by atoms with E-state index in [-0.39, 0.29) is 11.2 Å². The maximum atomic E-state index is 11.5. The maximum absolute atomic E-state index is 11.5. The van der Waals surface area contributed by atoms with Crippen LogP contribution in [0.5, 0.6) is 0 Å². The van der Waals surface area contributed by atoms with E-state index in [0.29, 0.717) is 5.69 Å². The second-order valence-electron chi connectivity index (χ2n) is 5.91. The van der Waals surface area contributed by atoms with Crippen LogP contribution < -0.4 is 0 Å². The molecule has 100 valence electrons. The minimum atomic E-state index is -0.00626. The number of imidazole rings is 1. The van der Waals surface area contributed by atoms with Crippen molar-refractivity contribution in [3.63, 3.8) is 0 Å². The Balaban J connectivity index is 2.60. The van der Waals surface area contributed by atoms with Crippen molar-refractivity contribution in [1.82, 2.24) is 9.97 Å². The lowest BCUT2D eigenvalue weighted by Gasteiger charge is -2.21. The van der Waals surface area contributed by atoms with Gasteiger partial charge in [-0.05, 0) is 17.9 Å². The molecule has 0 aliphatic carbocycles. The second-order valence-corrected chi connectivity index (χ2v) is 5.91. The molecule has 1 aromatic heterocycles. The Morgan fingerprint density at radius 2 is 1.84 bits per heavy atom. The van der Waals surface area contributed by atoms with Crippen molar-refractivity contribution in [1.29, 1.82) is 0 Å². The van der Waals surface area contributed by atoms with Gasteiger partial charge in [0.05, 0.1) is 0 Å². The molecular weight excluding hydrogens is 236 g/mol. The molecular formula is C16H20N2O. The molecule has 0 spiro atoms. The number of aromatic nitrogens is 2. The van der Waals surface area contributed by atoms with E-state index in [1.54, 1.807) is 6.92 Å².